The summed E-state index contributed by atoms with van der Waals surface area (Å²) in [5, 5.41) is 14.7. The van der Waals surface area contributed by atoms with Crippen molar-refractivity contribution in [2.45, 2.75) is 13.0 Å². The van der Waals surface area contributed by atoms with E-state index in [9.17, 15) is 4.79 Å². The van der Waals surface area contributed by atoms with Gasteiger partial charge in [-0.25, -0.2) is 4.79 Å². The fourth-order valence-electron chi connectivity index (χ4n) is 2.52. The highest BCUT2D eigenvalue weighted by Gasteiger charge is 2.34. The number of rotatable bonds is 5. The van der Waals surface area contributed by atoms with Gasteiger partial charge in [0.15, 0.2) is 0 Å². The molecule has 1 atom stereocenters. The van der Waals surface area contributed by atoms with Crippen LogP contribution >= 0.6 is 0 Å². The van der Waals surface area contributed by atoms with Crippen molar-refractivity contribution >= 4 is 11.9 Å². The minimum atomic E-state index is -0.433. The Hall–Kier alpha value is -2.74. The van der Waals surface area contributed by atoms with E-state index in [0.717, 1.165) is 5.56 Å². The third-order valence-electron chi connectivity index (χ3n) is 3.57. The lowest BCUT2D eigenvalue weighted by Gasteiger charge is -2.27. The van der Waals surface area contributed by atoms with Gasteiger partial charge >= 0.3 is 5.97 Å². The number of nitrogens with one attached hydrogen (secondary N) is 1. The zero-order chi connectivity index (χ0) is 16.2. The van der Waals surface area contributed by atoms with Gasteiger partial charge in [0, 0.05) is 12.8 Å². The predicted octanol–water partition coefficient (Wildman–Crippen LogP) is 1.15. The Balaban J connectivity index is 1.99. The molecule has 2 heterocycles. The maximum Gasteiger partial charge on any atom is 0.338 e. The third-order valence-corrected chi connectivity index (χ3v) is 3.57. The number of esters is 1. The lowest BCUT2D eigenvalue weighted by atomic mass is 9.96. The molecule has 0 amide bonds. The maximum absolute atomic E-state index is 12.5. The van der Waals surface area contributed by atoms with Crippen molar-refractivity contribution in [1.29, 1.82) is 0 Å². The largest absolute Gasteiger partial charge is 0.460 e. The Labute approximate surface area is 133 Å². The van der Waals surface area contributed by atoms with Gasteiger partial charge in [-0.15, -0.1) is 0 Å². The molecule has 0 bridgehead atoms. The molecule has 0 saturated heterocycles. The fourth-order valence-corrected chi connectivity index (χ4v) is 2.52. The van der Waals surface area contributed by atoms with Crippen LogP contribution in [0, 0.1) is 0 Å². The minimum absolute atomic E-state index is 0.191. The van der Waals surface area contributed by atoms with Gasteiger partial charge in [-0.05, 0) is 22.9 Å². The summed E-state index contributed by atoms with van der Waals surface area (Å²) in [4.78, 5) is 12.5. The molecule has 1 aliphatic rings. The van der Waals surface area contributed by atoms with Gasteiger partial charge in [-0.2, -0.15) is 4.68 Å². The van der Waals surface area contributed by atoms with Crippen molar-refractivity contribution in [3.8, 4) is 0 Å². The first-order valence-electron chi connectivity index (χ1n) is 7.19. The first kappa shape index (κ1) is 15.2. The number of allylic oxidation sites excluding steroid dienone is 1. The SMILES string of the molecule is COCCOC(=O)C1=C(C)Nc2nnnn2[C@H]1c1ccccc1. The minimum Gasteiger partial charge on any atom is -0.460 e. The van der Waals surface area contributed by atoms with Crippen LogP contribution in [0.15, 0.2) is 41.6 Å². The van der Waals surface area contributed by atoms with Crippen molar-refractivity contribution in [2.75, 3.05) is 25.6 Å². The quantitative estimate of drug-likeness (QED) is 0.653. The molecule has 0 unspecified atom stereocenters. The van der Waals surface area contributed by atoms with Crippen LogP contribution in [0.1, 0.15) is 18.5 Å². The first-order valence-corrected chi connectivity index (χ1v) is 7.19. The van der Waals surface area contributed by atoms with Gasteiger partial charge in [0.05, 0.1) is 12.2 Å². The topological polar surface area (TPSA) is 91.2 Å². The summed E-state index contributed by atoms with van der Waals surface area (Å²) in [6, 6.07) is 9.15. The van der Waals surface area contributed by atoms with Crippen molar-refractivity contribution in [2.24, 2.45) is 0 Å². The van der Waals surface area contributed by atoms with Crippen molar-refractivity contribution in [3.63, 3.8) is 0 Å². The zero-order valence-electron chi connectivity index (χ0n) is 12.9. The highest BCUT2D eigenvalue weighted by atomic mass is 16.6. The number of methoxy groups -OCH3 is 1. The van der Waals surface area contributed by atoms with Crippen LogP contribution in [-0.2, 0) is 14.3 Å². The van der Waals surface area contributed by atoms with Crippen LogP contribution < -0.4 is 5.32 Å². The first-order chi connectivity index (χ1) is 11.2. The molecular weight excluding hydrogens is 298 g/mol. The molecule has 0 spiro atoms. The molecule has 23 heavy (non-hydrogen) atoms. The summed E-state index contributed by atoms with van der Waals surface area (Å²) >= 11 is 0. The molecule has 2 aromatic rings. The number of anilines is 1. The van der Waals surface area contributed by atoms with E-state index in [0.29, 0.717) is 23.8 Å². The number of tetrazole rings is 1. The Bertz CT molecular complexity index is 726. The van der Waals surface area contributed by atoms with Crippen LogP contribution in [0.5, 0.6) is 0 Å². The number of hydrogen-bond donors (Lipinski definition) is 1. The Morgan fingerprint density at radius 1 is 1.30 bits per heavy atom. The van der Waals surface area contributed by atoms with E-state index in [-0.39, 0.29) is 6.61 Å². The van der Waals surface area contributed by atoms with Crippen LogP contribution in [0.3, 0.4) is 0 Å². The number of carbonyl (C=O) groups excluding carboxylic acids is 1. The van der Waals surface area contributed by atoms with Crippen LogP contribution in [-0.4, -0.2) is 46.5 Å². The van der Waals surface area contributed by atoms with E-state index in [1.165, 1.54) is 0 Å². The van der Waals surface area contributed by atoms with E-state index in [2.05, 4.69) is 20.8 Å². The second-order valence-corrected chi connectivity index (χ2v) is 5.05. The average Bonchev–Trinajstić information content (AvgIpc) is 3.02. The molecule has 0 aliphatic carbocycles. The maximum atomic E-state index is 12.5. The molecule has 1 aliphatic heterocycles. The summed E-state index contributed by atoms with van der Waals surface area (Å²) in [5.74, 6) is 0.0758. The highest BCUT2D eigenvalue weighted by molar-refractivity contribution is 5.92. The summed E-state index contributed by atoms with van der Waals surface area (Å²) in [6.45, 7) is 2.34. The summed E-state index contributed by atoms with van der Waals surface area (Å²) in [6.07, 6.45) is 0. The molecule has 0 fully saturated rings. The van der Waals surface area contributed by atoms with E-state index in [4.69, 9.17) is 9.47 Å². The van der Waals surface area contributed by atoms with E-state index < -0.39 is 12.0 Å². The summed E-state index contributed by atoms with van der Waals surface area (Å²) in [7, 11) is 1.56. The Morgan fingerprint density at radius 2 is 2.09 bits per heavy atom. The average molecular weight is 315 g/mol. The fraction of sp³-hybridized carbons (Fsp3) is 0.333. The molecule has 1 N–H and O–H groups in total. The lowest BCUT2D eigenvalue weighted by molar-refractivity contribution is -0.140. The second-order valence-electron chi connectivity index (χ2n) is 5.05. The zero-order valence-corrected chi connectivity index (χ0v) is 12.9. The van der Waals surface area contributed by atoms with Gasteiger partial charge in [-0.1, -0.05) is 35.4 Å². The predicted molar refractivity (Wildman–Crippen MR) is 81.6 cm³/mol. The van der Waals surface area contributed by atoms with Gasteiger partial charge < -0.3 is 14.8 Å². The summed E-state index contributed by atoms with van der Waals surface area (Å²) < 4.78 is 11.8. The molecule has 1 aromatic carbocycles. The molecule has 8 nitrogen and oxygen atoms in total. The van der Waals surface area contributed by atoms with Gasteiger partial charge in [0.2, 0.25) is 5.95 Å². The van der Waals surface area contributed by atoms with Crippen molar-refractivity contribution < 1.29 is 14.3 Å². The standard InChI is InChI=1S/C15H17N5O3/c1-10-12(14(21)23-9-8-22-2)13(11-6-4-3-5-7-11)20-15(16-10)17-18-19-20/h3-7,13H,8-9H2,1-2H3,(H,16,17,19)/t13-/m0/s1. The number of carbonyl (C=O) groups is 1. The van der Waals surface area contributed by atoms with Gasteiger partial charge in [0.25, 0.3) is 0 Å². The number of aromatic nitrogens is 4. The van der Waals surface area contributed by atoms with E-state index >= 15 is 0 Å². The normalized spacial score (nSPS) is 16.7. The molecule has 120 valence electrons. The van der Waals surface area contributed by atoms with E-state index in [1.807, 2.05) is 30.3 Å². The molecular formula is C15H17N5O3. The number of ether oxygens (including phenoxy) is 2. The highest BCUT2D eigenvalue weighted by Crippen LogP contribution is 2.34. The van der Waals surface area contributed by atoms with Crippen molar-refractivity contribution in [3.05, 3.63) is 47.2 Å². The van der Waals surface area contributed by atoms with E-state index in [1.54, 1.807) is 18.7 Å². The third kappa shape index (κ3) is 2.93. The van der Waals surface area contributed by atoms with Crippen LogP contribution in [0.25, 0.3) is 0 Å². The van der Waals surface area contributed by atoms with Crippen LogP contribution in [0.4, 0.5) is 5.95 Å². The lowest BCUT2D eigenvalue weighted by Crippen LogP contribution is -2.30. The molecule has 8 heteroatoms. The van der Waals surface area contributed by atoms with Crippen molar-refractivity contribution in [1.82, 2.24) is 20.2 Å². The Kier molecular flexibility index (Phi) is 4.33. The Morgan fingerprint density at radius 3 is 2.83 bits per heavy atom. The number of hydrogen-bond acceptors (Lipinski definition) is 7. The number of fused-ring (bicyclic) bond motifs is 1. The smallest absolute Gasteiger partial charge is 0.338 e. The molecule has 0 saturated carbocycles. The monoisotopic (exact) mass is 315 g/mol. The van der Waals surface area contributed by atoms with Gasteiger partial charge in [0.1, 0.15) is 12.6 Å². The molecule has 3 rings (SSSR count). The number of nitrogens with zero attached hydrogens (tertiary/aromatic N) is 4. The number of benzene rings is 1. The van der Waals surface area contributed by atoms with Gasteiger partial charge in [-0.3, -0.25) is 0 Å². The molecule has 0 radical (unpaired) electrons. The van der Waals surface area contributed by atoms with Crippen LogP contribution in [0.2, 0.25) is 0 Å². The summed E-state index contributed by atoms with van der Waals surface area (Å²) in [5.41, 5.74) is 2.05. The molecule has 1 aromatic heterocycles. The second kappa shape index (κ2) is 6.57.